The van der Waals surface area contributed by atoms with Crippen molar-refractivity contribution in [1.82, 2.24) is 10.6 Å². The standard InChI is InChI=1S/C13H20N2O3/c1-9(14-2)10-5-6-11(12(7-10)17-4)18-8-13(16)15-3/h5-7,9,14H,8H2,1-4H3,(H,15,16). The maximum atomic E-state index is 11.1. The van der Waals surface area contributed by atoms with Crippen molar-refractivity contribution in [2.24, 2.45) is 0 Å². The summed E-state index contributed by atoms with van der Waals surface area (Å²) in [6.07, 6.45) is 0. The Labute approximate surface area is 107 Å². The molecular formula is C13H20N2O3. The minimum Gasteiger partial charge on any atom is -0.493 e. The van der Waals surface area contributed by atoms with E-state index in [4.69, 9.17) is 9.47 Å². The summed E-state index contributed by atoms with van der Waals surface area (Å²) in [6.45, 7) is 2.04. The first kappa shape index (κ1) is 14.3. The maximum absolute atomic E-state index is 11.1. The van der Waals surface area contributed by atoms with Crippen LogP contribution in [0.5, 0.6) is 11.5 Å². The van der Waals surface area contributed by atoms with Gasteiger partial charge >= 0.3 is 0 Å². The second-order valence-electron chi connectivity index (χ2n) is 3.88. The number of amides is 1. The summed E-state index contributed by atoms with van der Waals surface area (Å²) in [5, 5.41) is 5.65. The van der Waals surface area contributed by atoms with Crippen molar-refractivity contribution >= 4 is 5.91 Å². The van der Waals surface area contributed by atoms with Crippen molar-refractivity contribution in [3.05, 3.63) is 23.8 Å². The molecular weight excluding hydrogens is 232 g/mol. The Kier molecular flexibility index (Phi) is 5.45. The monoisotopic (exact) mass is 252 g/mol. The Balaban J connectivity index is 2.83. The van der Waals surface area contributed by atoms with Crippen LogP contribution < -0.4 is 20.1 Å². The minimum absolute atomic E-state index is 0.0201. The lowest BCUT2D eigenvalue weighted by Gasteiger charge is -2.15. The summed E-state index contributed by atoms with van der Waals surface area (Å²) in [5.41, 5.74) is 1.10. The fourth-order valence-electron chi connectivity index (χ4n) is 1.45. The highest BCUT2D eigenvalue weighted by Crippen LogP contribution is 2.30. The summed E-state index contributed by atoms with van der Waals surface area (Å²) >= 11 is 0. The lowest BCUT2D eigenvalue weighted by molar-refractivity contribution is -0.122. The number of rotatable bonds is 6. The van der Waals surface area contributed by atoms with Gasteiger partial charge in [-0.1, -0.05) is 6.07 Å². The SMILES string of the molecule is CNC(=O)COc1ccc(C(C)NC)cc1OC. The zero-order chi connectivity index (χ0) is 13.5. The summed E-state index contributed by atoms with van der Waals surface area (Å²) in [4.78, 5) is 11.1. The van der Waals surface area contributed by atoms with Gasteiger partial charge in [0.1, 0.15) is 0 Å². The van der Waals surface area contributed by atoms with Crippen molar-refractivity contribution in [2.75, 3.05) is 27.8 Å². The van der Waals surface area contributed by atoms with Crippen LogP contribution in [0.25, 0.3) is 0 Å². The summed E-state index contributed by atoms with van der Waals surface area (Å²) in [7, 11) is 5.05. The van der Waals surface area contributed by atoms with E-state index in [1.165, 1.54) is 0 Å². The molecule has 0 spiro atoms. The van der Waals surface area contributed by atoms with Crippen molar-refractivity contribution < 1.29 is 14.3 Å². The number of hydrogen-bond acceptors (Lipinski definition) is 4. The zero-order valence-electron chi connectivity index (χ0n) is 11.2. The van der Waals surface area contributed by atoms with E-state index >= 15 is 0 Å². The third-order valence-electron chi connectivity index (χ3n) is 2.76. The van der Waals surface area contributed by atoms with Gasteiger partial charge in [0.15, 0.2) is 18.1 Å². The van der Waals surface area contributed by atoms with Crippen LogP contribution in [0, 0.1) is 0 Å². The second-order valence-corrected chi connectivity index (χ2v) is 3.88. The summed E-state index contributed by atoms with van der Waals surface area (Å²) in [5.74, 6) is 1.01. The molecule has 1 unspecified atom stereocenters. The zero-order valence-corrected chi connectivity index (χ0v) is 11.2. The van der Waals surface area contributed by atoms with Gasteiger partial charge in [-0.25, -0.2) is 0 Å². The van der Waals surface area contributed by atoms with E-state index in [-0.39, 0.29) is 18.6 Å². The first-order chi connectivity index (χ1) is 8.62. The maximum Gasteiger partial charge on any atom is 0.257 e. The number of benzene rings is 1. The van der Waals surface area contributed by atoms with Gasteiger partial charge in [0.05, 0.1) is 7.11 Å². The number of carbonyl (C=O) groups is 1. The molecule has 0 aromatic heterocycles. The highest BCUT2D eigenvalue weighted by atomic mass is 16.5. The molecule has 5 heteroatoms. The Bertz CT molecular complexity index is 407. The van der Waals surface area contributed by atoms with Gasteiger partial charge in [0.2, 0.25) is 0 Å². The number of nitrogens with one attached hydrogen (secondary N) is 2. The molecule has 0 fully saturated rings. The molecule has 1 amide bonds. The molecule has 0 heterocycles. The van der Waals surface area contributed by atoms with Crippen LogP contribution in [0.15, 0.2) is 18.2 Å². The predicted molar refractivity (Wildman–Crippen MR) is 70.0 cm³/mol. The van der Waals surface area contributed by atoms with Crippen molar-refractivity contribution in [1.29, 1.82) is 0 Å². The average Bonchev–Trinajstić information content (AvgIpc) is 2.43. The van der Waals surface area contributed by atoms with E-state index in [1.807, 2.05) is 25.2 Å². The molecule has 0 radical (unpaired) electrons. The average molecular weight is 252 g/mol. The Hall–Kier alpha value is -1.75. The molecule has 0 bridgehead atoms. The Morgan fingerprint density at radius 2 is 2.06 bits per heavy atom. The van der Waals surface area contributed by atoms with Crippen LogP contribution in [0.2, 0.25) is 0 Å². The molecule has 0 aliphatic rings. The molecule has 0 aliphatic carbocycles. The lowest BCUT2D eigenvalue weighted by atomic mass is 10.1. The first-order valence-corrected chi connectivity index (χ1v) is 5.81. The van der Waals surface area contributed by atoms with E-state index in [1.54, 1.807) is 14.2 Å². The summed E-state index contributed by atoms with van der Waals surface area (Å²) in [6, 6.07) is 5.89. The van der Waals surface area contributed by atoms with Gasteiger partial charge in [-0.05, 0) is 31.7 Å². The van der Waals surface area contributed by atoms with Crippen LogP contribution in [0.4, 0.5) is 0 Å². The number of methoxy groups -OCH3 is 1. The lowest BCUT2D eigenvalue weighted by Crippen LogP contribution is -2.25. The largest absolute Gasteiger partial charge is 0.493 e. The molecule has 100 valence electrons. The number of hydrogen-bond donors (Lipinski definition) is 2. The molecule has 1 aromatic carbocycles. The molecule has 0 aliphatic heterocycles. The van der Waals surface area contributed by atoms with Crippen molar-refractivity contribution in [3.63, 3.8) is 0 Å². The smallest absolute Gasteiger partial charge is 0.257 e. The van der Waals surface area contributed by atoms with Crippen molar-refractivity contribution in [2.45, 2.75) is 13.0 Å². The number of ether oxygens (including phenoxy) is 2. The van der Waals surface area contributed by atoms with E-state index < -0.39 is 0 Å². The minimum atomic E-state index is -0.176. The molecule has 1 aromatic rings. The quantitative estimate of drug-likeness (QED) is 0.796. The van der Waals surface area contributed by atoms with Crippen LogP contribution in [0.3, 0.4) is 0 Å². The van der Waals surface area contributed by atoms with E-state index in [9.17, 15) is 4.79 Å². The van der Waals surface area contributed by atoms with Gasteiger partial charge in [-0.2, -0.15) is 0 Å². The van der Waals surface area contributed by atoms with Crippen LogP contribution >= 0.6 is 0 Å². The molecule has 2 N–H and O–H groups in total. The number of likely N-dealkylation sites (N-methyl/N-ethyl adjacent to an activating group) is 1. The van der Waals surface area contributed by atoms with E-state index in [2.05, 4.69) is 17.6 Å². The topological polar surface area (TPSA) is 59.6 Å². The van der Waals surface area contributed by atoms with Gasteiger partial charge in [-0.3, -0.25) is 4.79 Å². The Morgan fingerprint density at radius 1 is 1.33 bits per heavy atom. The van der Waals surface area contributed by atoms with Crippen LogP contribution in [-0.2, 0) is 4.79 Å². The third-order valence-corrected chi connectivity index (χ3v) is 2.76. The molecule has 0 saturated carbocycles. The Morgan fingerprint density at radius 3 is 2.61 bits per heavy atom. The van der Waals surface area contributed by atoms with Gasteiger partial charge < -0.3 is 20.1 Å². The van der Waals surface area contributed by atoms with Crippen LogP contribution in [0.1, 0.15) is 18.5 Å². The fourth-order valence-corrected chi connectivity index (χ4v) is 1.45. The molecule has 1 atom stereocenters. The number of carbonyl (C=O) groups excluding carboxylic acids is 1. The van der Waals surface area contributed by atoms with Gasteiger partial charge in [0, 0.05) is 13.1 Å². The van der Waals surface area contributed by atoms with Gasteiger partial charge in [0.25, 0.3) is 5.91 Å². The van der Waals surface area contributed by atoms with Gasteiger partial charge in [-0.15, -0.1) is 0 Å². The normalized spacial score (nSPS) is 11.8. The summed E-state index contributed by atoms with van der Waals surface area (Å²) < 4.78 is 10.7. The fraction of sp³-hybridized carbons (Fsp3) is 0.462. The van der Waals surface area contributed by atoms with E-state index in [0.717, 1.165) is 5.56 Å². The predicted octanol–water partition coefficient (Wildman–Crippen LogP) is 1.10. The first-order valence-electron chi connectivity index (χ1n) is 5.81. The molecule has 5 nitrogen and oxygen atoms in total. The molecule has 0 saturated heterocycles. The highest BCUT2D eigenvalue weighted by molar-refractivity contribution is 5.77. The molecule has 18 heavy (non-hydrogen) atoms. The third kappa shape index (κ3) is 3.63. The molecule has 1 rings (SSSR count). The van der Waals surface area contributed by atoms with Crippen LogP contribution in [-0.4, -0.2) is 33.7 Å². The van der Waals surface area contributed by atoms with E-state index in [0.29, 0.717) is 11.5 Å². The second kappa shape index (κ2) is 6.86. The highest BCUT2D eigenvalue weighted by Gasteiger charge is 2.10. The van der Waals surface area contributed by atoms with Crippen molar-refractivity contribution in [3.8, 4) is 11.5 Å².